The molecule has 0 aromatic heterocycles. The first kappa shape index (κ1) is 13.2. The SMILES string of the molecule is O=C1[C@@H]2[C@@H](C(=O)N1Cc1ccc([N+](=O)[O-])cc1)[C@@H]1C=C[C@@H]2C1. The number of allylic oxidation sites excluding steroid dienone is 2. The molecule has 0 radical (unpaired) electrons. The zero-order valence-corrected chi connectivity index (χ0v) is 11.7. The Hall–Kier alpha value is -2.50. The summed E-state index contributed by atoms with van der Waals surface area (Å²) in [4.78, 5) is 36.6. The van der Waals surface area contributed by atoms with Crippen molar-refractivity contribution in [3.05, 3.63) is 52.1 Å². The quantitative estimate of drug-likeness (QED) is 0.369. The Labute approximate surface area is 126 Å². The number of imide groups is 1. The lowest BCUT2D eigenvalue weighted by molar-refractivity contribution is -0.384. The summed E-state index contributed by atoms with van der Waals surface area (Å²) in [5.41, 5.74) is 0.731. The van der Waals surface area contributed by atoms with E-state index < -0.39 is 4.92 Å². The Kier molecular flexibility index (Phi) is 2.69. The van der Waals surface area contributed by atoms with Crippen molar-refractivity contribution >= 4 is 17.5 Å². The molecule has 1 saturated heterocycles. The molecule has 22 heavy (non-hydrogen) atoms. The molecular weight excluding hydrogens is 284 g/mol. The lowest BCUT2D eigenvalue weighted by atomic mass is 9.85. The number of fused-ring (bicyclic) bond motifs is 5. The van der Waals surface area contributed by atoms with Crippen molar-refractivity contribution in [1.82, 2.24) is 4.90 Å². The number of benzene rings is 1. The number of rotatable bonds is 3. The largest absolute Gasteiger partial charge is 0.278 e. The molecule has 1 aromatic carbocycles. The van der Waals surface area contributed by atoms with Gasteiger partial charge in [0.1, 0.15) is 0 Å². The van der Waals surface area contributed by atoms with E-state index in [1.807, 2.05) is 0 Å². The first-order valence-electron chi connectivity index (χ1n) is 7.33. The van der Waals surface area contributed by atoms with E-state index in [2.05, 4.69) is 12.2 Å². The van der Waals surface area contributed by atoms with E-state index >= 15 is 0 Å². The van der Waals surface area contributed by atoms with E-state index in [1.54, 1.807) is 12.1 Å². The number of hydrogen-bond acceptors (Lipinski definition) is 4. The normalized spacial score (nSPS) is 31.9. The summed E-state index contributed by atoms with van der Waals surface area (Å²) in [5.74, 6) is -0.168. The number of hydrogen-bond donors (Lipinski definition) is 0. The van der Waals surface area contributed by atoms with E-state index in [0.29, 0.717) is 0 Å². The van der Waals surface area contributed by atoms with Gasteiger partial charge in [-0.05, 0) is 23.8 Å². The van der Waals surface area contributed by atoms with Crippen molar-refractivity contribution in [2.45, 2.75) is 13.0 Å². The molecule has 1 aromatic rings. The Bertz CT molecular complexity index is 679. The van der Waals surface area contributed by atoms with Gasteiger partial charge in [0, 0.05) is 12.1 Å². The van der Waals surface area contributed by atoms with Crippen LogP contribution in [0, 0.1) is 33.8 Å². The molecule has 4 rings (SSSR count). The molecule has 0 unspecified atom stereocenters. The molecule has 6 heteroatoms. The van der Waals surface area contributed by atoms with Gasteiger partial charge in [-0.2, -0.15) is 0 Å². The second kappa shape index (κ2) is 4.50. The van der Waals surface area contributed by atoms with Crippen molar-refractivity contribution in [3.63, 3.8) is 0 Å². The Balaban J connectivity index is 1.56. The van der Waals surface area contributed by atoms with Gasteiger partial charge in [-0.15, -0.1) is 0 Å². The van der Waals surface area contributed by atoms with Crippen LogP contribution in [0.4, 0.5) is 5.69 Å². The maximum absolute atomic E-state index is 12.5. The summed E-state index contributed by atoms with van der Waals surface area (Å²) in [6.07, 6.45) is 5.04. The monoisotopic (exact) mass is 298 g/mol. The van der Waals surface area contributed by atoms with Gasteiger partial charge in [0.15, 0.2) is 0 Å². The molecule has 4 atom stereocenters. The van der Waals surface area contributed by atoms with Crippen molar-refractivity contribution in [2.75, 3.05) is 0 Å². The average molecular weight is 298 g/mol. The lowest BCUT2D eigenvalue weighted by Crippen LogP contribution is -2.32. The summed E-state index contributed by atoms with van der Waals surface area (Å²) in [6, 6.07) is 5.98. The molecule has 3 aliphatic rings. The van der Waals surface area contributed by atoms with E-state index in [4.69, 9.17) is 0 Å². The summed E-state index contributed by atoms with van der Waals surface area (Å²) in [5, 5.41) is 10.7. The van der Waals surface area contributed by atoms with Crippen LogP contribution < -0.4 is 0 Å². The number of non-ortho nitro benzene ring substituents is 1. The van der Waals surface area contributed by atoms with Crippen molar-refractivity contribution in [2.24, 2.45) is 23.7 Å². The lowest BCUT2D eigenvalue weighted by Gasteiger charge is -2.17. The van der Waals surface area contributed by atoms with Crippen molar-refractivity contribution in [1.29, 1.82) is 0 Å². The number of carbonyl (C=O) groups excluding carboxylic acids is 2. The van der Waals surface area contributed by atoms with Gasteiger partial charge in [-0.1, -0.05) is 24.3 Å². The smallest absolute Gasteiger partial charge is 0.269 e. The first-order valence-corrected chi connectivity index (χ1v) is 7.33. The molecule has 2 bridgehead atoms. The Morgan fingerprint density at radius 2 is 1.59 bits per heavy atom. The van der Waals surface area contributed by atoms with Gasteiger partial charge in [0.2, 0.25) is 11.8 Å². The standard InChI is InChI=1S/C16H14N2O4/c19-15-13-10-3-4-11(7-10)14(13)16(20)17(15)8-9-1-5-12(6-2-9)18(21)22/h1-6,10-11,13-14H,7-8H2/t10-,11-,13+,14+/m1/s1. The highest BCUT2D eigenvalue weighted by Crippen LogP contribution is 2.52. The first-order chi connectivity index (χ1) is 10.6. The number of amides is 2. The number of likely N-dealkylation sites (tertiary alicyclic amines) is 1. The average Bonchev–Trinajstić information content (AvgIpc) is 3.17. The van der Waals surface area contributed by atoms with Gasteiger partial charge < -0.3 is 0 Å². The minimum Gasteiger partial charge on any atom is -0.278 e. The second-order valence-corrected chi connectivity index (χ2v) is 6.19. The Morgan fingerprint density at radius 3 is 2.09 bits per heavy atom. The molecule has 1 aliphatic heterocycles. The van der Waals surface area contributed by atoms with Crippen LogP contribution in [-0.4, -0.2) is 21.6 Å². The molecule has 2 fully saturated rings. The Morgan fingerprint density at radius 1 is 1.05 bits per heavy atom. The highest BCUT2D eigenvalue weighted by Gasteiger charge is 2.59. The van der Waals surface area contributed by atoms with Crippen LogP contribution in [0.25, 0.3) is 0 Å². The zero-order valence-electron chi connectivity index (χ0n) is 11.7. The van der Waals surface area contributed by atoms with Crippen molar-refractivity contribution in [3.8, 4) is 0 Å². The highest BCUT2D eigenvalue weighted by atomic mass is 16.6. The van der Waals surface area contributed by atoms with Crippen LogP contribution in [0.15, 0.2) is 36.4 Å². The van der Waals surface area contributed by atoms with Crippen molar-refractivity contribution < 1.29 is 14.5 Å². The maximum atomic E-state index is 12.5. The molecule has 1 saturated carbocycles. The van der Waals surface area contributed by atoms with E-state index in [0.717, 1.165) is 12.0 Å². The van der Waals surface area contributed by atoms with Gasteiger partial charge in [-0.25, -0.2) is 0 Å². The third-order valence-electron chi connectivity index (χ3n) is 5.05. The molecule has 2 aliphatic carbocycles. The maximum Gasteiger partial charge on any atom is 0.269 e. The van der Waals surface area contributed by atoms with Crippen LogP contribution in [0.1, 0.15) is 12.0 Å². The molecule has 0 spiro atoms. The predicted molar refractivity (Wildman–Crippen MR) is 76.4 cm³/mol. The van der Waals surface area contributed by atoms with Gasteiger partial charge in [0.25, 0.3) is 5.69 Å². The van der Waals surface area contributed by atoms with Crippen LogP contribution in [-0.2, 0) is 16.1 Å². The summed E-state index contributed by atoms with van der Waals surface area (Å²) < 4.78 is 0. The number of carbonyl (C=O) groups is 2. The van der Waals surface area contributed by atoms with Crippen LogP contribution in [0.5, 0.6) is 0 Å². The van der Waals surface area contributed by atoms with E-state index in [-0.39, 0.29) is 47.7 Å². The van der Waals surface area contributed by atoms with Crippen LogP contribution in [0.2, 0.25) is 0 Å². The third kappa shape index (κ3) is 1.73. The molecule has 1 heterocycles. The van der Waals surface area contributed by atoms with Crippen LogP contribution in [0.3, 0.4) is 0 Å². The summed E-state index contributed by atoms with van der Waals surface area (Å²) >= 11 is 0. The number of nitrogens with zero attached hydrogens (tertiary/aromatic N) is 2. The highest BCUT2D eigenvalue weighted by molar-refractivity contribution is 6.06. The summed E-state index contributed by atoms with van der Waals surface area (Å²) in [7, 11) is 0. The molecule has 0 N–H and O–H groups in total. The minimum absolute atomic E-state index is 0.00180. The molecule has 2 amide bonds. The van der Waals surface area contributed by atoms with E-state index in [9.17, 15) is 19.7 Å². The fourth-order valence-corrected chi connectivity index (χ4v) is 4.03. The summed E-state index contributed by atoms with van der Waals surface area (Å²) in [6.45, 7) is 0.197. The number of nitro benzene ring substituents is 1. The van der Waals surface area contributed by atoms with Gasteiger partial charge >= 0.3 is 0 Å². The van der Waals surface area contributed by atoms with Gasteiger partial charge in [0.05, 0.1) is 23.3 Å². The molecule has 112 valence electrons. The molecular formula is C16H14N2O4. The topological polar surface area (TPSA) is 80.5 Å². The number of nitro groups is 1. The zero-order chi connectivity index (χ0) is 15.4. The second-order valence-electron chi connectivity index (χ2n) is 6.19. The molecule has 6 nitrogen and oxygen atoms in total. The predicted octanol–water partition coefficient (Wildman–Crippen LogP) is 1.90. The van der Waals surface area contributed by atoms with Gasteiger partial charge in [-0.3, -0.25) is 24.6 Å². The van der Waals surface area contributed by atoms with Crippen LogP contribution >= 0.6 is 0 Å². The fraction of sp³-hybridized carbons (Fsp3) is 0.375. The van der Waals surface area contributed by atoms with E-state index in [1.165, 1.54) is 17.0 Å². The minimum atomic E-state index is -0.469. The third-order valence-corrected chi connectivity index (χ3v) is 5.05. The fourth-order valence-electron chi connectivity index (χ4n) is 4.03.